The molecular weight excluding hydrogens is 373 g/mol. The van der Waals surface area contributed by atoms with Crippen LogP contribution in [0.15, 0.2) is 42.5 Å². The maximum absolute atomic E-state index is 12.8. The summed E-state index contributed by atoms with van der Waals surface area (Å²) in [5, 5.41) is 3.55. The van der Waals surface area contributed by atoms with E-state index in [2.05, 4.69) is 10.3 Å². The van der Waals surface area contributed by atoms with E-state index in [0.29, 0.717) is 28.2 Å². The van der Waals surface area contributed by atoms with E-state index < -0.39 is 11.7 Å². The van der Waals surface area contributed by atoms with Crippen LogP contribution < -0.4 is 5.32 Å². The van der Waals surface area contributed by atoms with Gasteiger partial charge in [0, 0.05) is 19.4 Å². The van der Waals surface area contributed by atoms with Crippen LogP contribution in [0.3, 0.4) is 0 Å². The molecule has 0 unspecified atom stereocenters. The van der Waals surface area contributed by atoms with Gasteiger partial charge in [0.25, 0.3) is 0 Å². The molecule has 0 radical (unpaired) electrons. The summed E-state index contributed by atoms with van der Waals surface area (Å²) in [6.45, 7) is 2.59. The molecule has 1 heterocycles. The van der Waals surface area contributed by atoms with E-state index in [1.54, 1.807) is 0 Å². The number of rotatable bonds is 6. The zero-order valence-corrected chi connectivity index (χ0v) is 15.6. The average Bonchev–Trinajstić information content (AvgIpc) is 3.03. The van der Waals surface area contributed by atoms with Gasteiger partial charge >= 0.3 is 6.18 Å². The van der Waals surface area contributed by atoms with Crippen LogP contribution >= 0.6 is 11.3 Å². The highest BCUT2D eigenvalue weighted by Crippen LogP contribution is 2.33. The zero-order valence-electron chi connectivity index (χ0n) is 14.8. The summed E-state index contributed by atoms with van der Waals surface area (Å²) in [6, 6.07) is 11.6. The predicted octanol–water partition coefficient (Wildman–Crippen LogP) is 4.92. The van der Waals surface area contributed by atoms with Crippen molar-refractivity contribution in [3.63, 3.8) is 0 Å². The molecule has 0 saturated heterocycles. The number of aromatic nitrogens is 1. The second-order valence-electron chi connectivity index (χ2n) is 6.31. The maximum Gasteiger partial charge on any atom is 0.416 e. The van der Waals surface area contributed by atoms with Crippen LogP contribution in [0.1, 0.15) is 28.1 Å². The summed E-state index contributed by atoms with van der Waals surface area (Å²) in [7, 11) is 0. The Morgan fingerprint density at radius 1 is 1.15 bits per heavy atom. The Hall–Kier alpha value is -2.41. The van der Waals surface area contributed by atoms with Crippen molar-refractivity contribution >= 4 is 27.5 Å². The minimum Gasteiger partial charge on any atom is -0.356 e. The highest BCUT2D eigenvalue weighted by molar-refractivity contribution is 7.18. The molecule has 2 aromatic carbocycles. The molecule has 142 valence electrons. The first-order valence-corrected chi connectivity index (χ1v) is 9.42. The molecule has 7 heteroatoms. The summed E-state index contributed by atoms with van der Waals surface area (Å²) in [5.41, 5.74) is 2.01. The second kappa shape index (κ2) is 8.08. The number of alkyl halides is 3. The molecular formula is C20H19F3N2OS. The van der Waals surface area contributed by atoms with E-state index in [4.69, 9.17) is 0 Å². The van der Waals surface area contributed by atoms with Gasteiger partial charge in [0.2, 0.25) is 5.91 Å². The van der Waals surface area contributed by atoms with E-state index in [-0.39, 0.29) is 12.3 Å². The van der Waals surface area contributed by atoms with Gasteiger partial charge in [-0.1, -0.05) is 24.3 Å². The number of benzene rings is 2. The summed E-state index contributed by atoms with van der Waals surface area (Å²) < 4.78 is 39.0. The van der Waals surface area contributed by atoms with Crippen molar-refractivity contribution in [2.75, 3.05) is 6.54 Å². The average molecular weight is 392 g/mol. The van der Waals surface area contributed by atoms with Gasteiger partial charge in [-0.3, -0.25) is 4.79 Å². The highest BCUT2D eigenvalue weighted by atomic mass is 32.1. The minimum absolute atomic E-state index is 0.0844. The van der Waals surface area contributed by atoms with E-state index in [1.807, 2.05) is 31.2 Å². The van der Waals surface area contributed by atoms with Crippen molar-refractivity contribution in [2.24, 2.45) is 0 Å². The molecule has 0 bridgehead atoms. The first-order valence-electron chi connectivity index (χ1n) is 8.61. The fraction of sp³-hybridized carbons (Fsp3) is 0.300. The van der Waals surface area contributed by atoms with Crippen LogP contribution in [0.2, 0.25) is 0 Å². The topological polar surface area (TPSA) is 42.0 Å². The number of hydrogen-bond donors (Lipinski definition) is 1. The van der Waals surface area contributed by atoms with Crippen molar-refractivity contribution in [1.82, 2.24) is 10.3 Å². The summed E-state index contributed by atoms with van der Waals surface area (Å²) >= 11 is 1.32. The third-order valence-electron chi connectivity index (χ3n) is 4.30. The van der Waals surface area contributed by atoms with Crippen molar-refractivity contribution in [3.8, 4) is 0 Å². The van der Waals surface area contributed by atoms with E-state index in [0.717, 1.165) is 18.6 Å². The lowest BCUT2D eigenvalue weighted by Crippen LogP contribution is -2.26. The fourth-order valence-corrected chi connectivity index (χ4v) is 3.74. The zero-order chi connectivity index (χ0) is 19.4. The Bertz CT molecular complexity index is 950. The lowest BCUT2D eigenvalue weighted by atomic mass is 10.1. The molecule has 0 atom stereocenters. The van der Waals surface area contributed by atoms with Crippen molar-refractivity contribution in [3.05, 3.63) is 64.2 Å². The van der Waals surface area contributed by atoms with Gasteiger partial charge in [0.15, 0.2) is 0 Å². The number of amides is 1. The summed E-state index contributed by atoms with van der Waals surface area (Å²) in [5.74, 6) is -0.0844. The summed E-state index contributed by atoms with van der Waals surface area (Å²) in [6.07, 6.45) is -2.94. The quantitative estimate of drug-likeness (QED) is 0.647. The van der Waals surface area contributed by atoms with Crippen LogP contribution in [0.5, 0.6) is 0 Å². The van der Waals surface area contributed by atoms with Gasteiger partial charge in [-0.25, -0.2) is 4.98 Å². The number of thiazole rings is 1. The van der Waals surface area contributed by atoms with E-state index in [1.165, 1.54) is 28.5 Å². The Labute approximate surface area is 159 Å². The van der Waals surface area contributed by atoms with Gasteiger partial charge in [0.1, 0.15) is 0 Å². The van der Waals surface area contributed by atoms with Crippen LogP contribution in [0, 0.1) is 6.92 Å². The molecule has 3 rings (SSSR count). The molecule has 27 heavy (non-hydrogen) atoms. The Balaban J connectivity index is 1.52. The molecule has 0 spiro atoms. The van der Waals surface area contributed by atoms with Gasteiger partial charge in [0.05, 0.1) is 20.8 Å². The number of carbonyl (C=O) groups is 1. The number of nitrogens with zero attached hydrogens (tertiary/aromatic N) is 1. The highest BCUT2D eigenvalue weighted by Gasteiger charge is 2.30. The fourth-order valence-electron chi connectivity index (χ4n) is 2.79. The molecule has 3 aromatic rings. The molecule has 0 aliphatic heterocycles. The third kappa shape index (κ3) is 5.07. The minimum atomic E-state index is -4.38. The number of aryl methyl sites for hydroxylation is 2. The second-order valence-corrected chi connectivity index (χ2v) is 7.43. The van der Waals surface area contributed by atoms with Crippen LogP contribution in [-0.2, 0) is 23.8 Å². The molecule has 3 nitrogen and oxygen atoms in total. The van der Waals surface area contributed by atoms with Crippen molar-refractivity contribution in [2.45, 2.75) is 32.4 Å². The van der Waals surface area contributed by atoms with Gasteiger partial charge < -0.3 is 5.32 Å². The Morgan fingerprint density at radius 2 is 1.93 bits per heavy atom. The smallest absolute Gasteiger partial charge is 0.356 e. The number of fused-ring (bicyclic) bond motifs is 1. The maximum atomic E-state index is 12.8. The van der Waals surface area contributed by atoms with Crippen molar-refractivity contribution < 1.29 is 18.0 Å². The first kappa shape index (κ1) is 19.4. The van der Waals surface area contributed by atoms with E-state index >= 15 is 0 Å². The number of nitrogens with one attached hydrogen (secondary N) is 1. The van der Waals surface area contributed by atoms with Crippen LogP contribution in [-0.4, -0.2) is 17.4 Å². The van der Waals surface area contributed by atoms with Gasteiger partial charge in [-0.15, -0.1) is 11.3 Å². The predicted molar refractivity (Wildman–Crippen MR) is 101 cm³/mol. The molecule has 1 aromatic heterocycles. The lowest BCUT2D eigenvalue weighted by molar-refractivity contribution is -0.137. The van der Waals surface area contributed by atoms with Crippen LogP contribution in [0.25, 0.3) is 10.2 Å². The molecule has 0 fully saturated rings. The normalized spacial score (nSPS) is 11.7. The molecule has 1 amide bonds. The molecule has 1 N–H and O–H groups in total. The summed E-state index contributed by atoms with van der Waals surface area (Å²) in [4.78, 5) is 16.2. The molecule has 0 saturated carbocycles. The van der Waals surface area contributed by atoms with Gasteiger partial charge in [-0.05, 0) is 42.7 Å². The molecule has 0 aliphatic rings. The monoisotopic (exact) mass is 392 g/mol. The number of hydrogen-bond acceptors (Lipinski definition) is 3. The number of halogens is 3. The Kier molecular flexibility index (Phi) is 5.79. The lowest BCUT2D eigenvalue weighted by Gasteiger charge is -2.07. The number of carbonyl (C=O) groups excluding carboxylic acids is 1. The van der Waals surface area contributed by atoms with E-state index in [9.17, 15) is 18.0 Å². The first-order chi connectivity index (χ1) is 12.8. The Morgan fingerprint density at radius 3 is 2.67 bits per heavy atom. The van der Waals surface area contributed by atoms with Crippen molar-refractivity contribution in [1.29, 1.82) is 0 Å². The SMILES string of the molecule is Cc1ccccc1CCNC(=O)CCc1nc2cc(C(F)(F)F)ccc2s1. The van der Waals surface area contributed by atoms with Crippen LogP contribution in [0.4, 0.5) is 13.2 Å². The third-order valence-corrected chi connectivity index (χ3v) is 5.40. The van der Waals surface area contributed by atoms with Gasteiger partial charge in [-0.2, -0.15) is 13.2 Å². The molecule has 0 aliphatic carbocycles. The largest absolute Gasteiger partial charge is 0.416 e. The standard InChI is InChI=1S/C20H19F3N2OS/c1-13-4-2-3-5-14(13)10-11-24-18(26)8-9-19-25-16-12-15(20(21,22)23)6-7-17(16)27-19/h2-7,12H,8-11H2,1H3,(H,24,26).